The van der Waals surface area contributed by atoms with Crippen LogP contribution in [0.25, 0.3) is 0 Å². The van der Waals surface area contributed by atoms with Crippen LogP contribution in [-0.4, -0.2) is 15.7 Å². The molecule has 0 fully saturated rings. The van der Waals surface area contributed by atoms with Crippen LogP contribution < -0.4 is 4.57 Å². The number of hydrogen-bond donors (Lipinski definition) is 2. The second kappa shape index (κ2) is 5.65. The van der Waals surface area contributed by atoms with Crippen molar-refractivity contribution in [2.24, 2.45) is 0 Å². The third-order valence-electron chi connectivity index (χ3n) is 2.98. The van der Waals surface area contributed by atoms with Crippen LogP contribution in [0.3, 0.4) is 0 Å². The van der Waals surface area contributed by atoms with Crippen molar-refractivity contribution >= 4 is 0 Å². The molecule has 0 saturated carbocycles. The van der Waals surface area contributed by atoms with Gasteiger partial charge in [0.25, 0.3) is 0 Å². The fourth-order valence-corrected chi connectivity index (χ4v) is 2.20. The summed E-state index contributed by atoms with van der Waals surface area (Å²) < 4.78 is 1.95. The van der Waals surface area contributed by atoms with Gasteiger partial charge in [-0.3, -0.25) is 4.98 Å². The fraction of sp³-hybridized carbons (Fsp3) is 0.267. The van der Waals surface area contributed by atoms with Gasteiger partial charge < -0.3 is 5.11 Å². The number of imidazole rings is 1. The second-order valence-corrected chi connectivity index (χ2v) is 4.66. The smallest absolute Gasteiger partial charge is 0.241 e. The summed E-state index contributed by atoms with van der Waals surface area (Å²) >= 11 is 0. The minimum atomic E-state index is -0.796. The molecule has 2 N–H and O–H groups in total. The number of benzene rings is 1. The van der Waals surface area contributed by atoms with Crippen LogP contribution in [0.2, 0.25) is 0 Å². The quantitative estimate of drug-likeness (QED) is 0.590. The van der Waals surface area contributed by atoms with Crippen LogP contribution in [0.4, 0.5) is 0 Å². The zero-order chi connectivity index (χ0) is 12.8. The molecule has 0 bridgehead atoms. The van der Waals surface area contributed by atoms with Crippen LogP contribution in [0.5, 0.6) is 0 Å². The summed E-state index contributed by atoms with van der Waals surface area (Å²) in [5.74, 6) is 0. The highest BCUT2D eigenvalue weighted by Crippen LogP contribution is 2.18. The van der Waals surface area contributed by atoms with Crippen molar-refractivity contribution in [2.45, 2.75) is 25.0 Å². The summed E-state index contributed by atoms with van der Waals surface area (Å²) in [6.07, 6.45) is 8.57. The lowest BCUT2D eigenvalue weighted by molar-refractivity contribution is -0.709. The van der Waals surface area contributed by atoms with Crippen LogP contribution in [-0.2, 0) is 13.0 Å². The van der Waals surface area contributed by atoms with Gasteiger partial charge in [0.05, 0.1) is 0 Å². The minimum absolute atomic E-state index is 0.553. The molecule has 0 amide bonds. The maximum Gasteiger partial charge on any atom is 0.241 e. The van der Waals surface area contributed by atoms with Crippen molar-refractivity contribution < 1.29 is 9.67 Å². The standard InChI is InChI=1S/C15H18N2O/c1-2-8-15(18,12-17-10-9-16-13-17)11-14-6-4-3-5-7-14/h2-7,9-10,13,18H,1,8,11-12H2/p+1. The molecule has 0 aliphatic heterocycles. The van der Waals surface area contributed by atoms with Crippen LogP contribution in [0.1, 0.15) is 12.0 Å². The largest absolute Gasteiger partial charge is 0.385 e. The van der Waals surface area contributed by atoms with E-state index in [1.807, 2.05) is 53.6 Å². The highest BCUT2D eigenvalue weighted by molar-refractivity contribution is 5.17. The summed E-state index contributed by atoms with van der Waals surface area (Å²) in [6.45, 7) is 4.29. The average molecular weight is 243 g/mol. The van der Waals surface area contributed by atoms with Gasteiger partial charge in [-0.25, -0.2) is 4.57 Å². The van der Waals surface area contributed by atoms with Gasteiger partial charge in [-0.05, 0) is 12.0 Å². The zero-order valence-electron chi connectivity index (χ0n) is 10.4. The molecule has 0 aliphatic carbocycles. The Morgan fingerprint density at radius 2 is 2.11 bits per heavy atom. The molecular formula is C15H19N2O+. The molecule has 1 aromatic carbocycles. The maximum atomic E-state index is 10.7. The van der Waals surface area contributed by atoms with Gasteiger partial charge in [0, 0.05) is 6.42 Å². The van der Waals surface area contributed by atoms with Crippen LogP contribution >= 0.6 is 0 Å². The first-order chi connectivity index (χ1) is 8.72. The Hall–Kier alpha value is -1.87. The van der Waals surface area contributed by atoms with Crippen molar-refractivity contribution in [3.8, 4) is 0 Å². The number of aliphatic hydroxyl groups is 1. The van der Waals surface area contributed by atoms with Gasteiger partial charge in [-0.1, -0.05) is 36.4 Å². The molecule has 1 atom stereocenters. The number of aromatic nitrogens is 2. The molecule has 0 radical (unpaired) electrons. The topological polar surface area (TPSA) is 39.9 Å². The number of rotatable bonds is 6. The van der Waals surface area contributed by atoms with Gasteiger partial charge in [0.2, 0.25) is 6.33 Å². The molecule has 2 aromatic rings. The Labute approximate surface area is 107 Å². The first kappa shape index (κ1) is 12.6. The van der Waals surface area contributed by atoms with E-state index in [2.05, 4.69) is 11.6 Å². The minimum Gasteiger partial charge on any atom is -0.385 e. The number of nitrogens with zero attached hydrogens (tertiary/aromatic N) is 1. The fourth-order valence-electron chi connectivity index (χ4n) is 2.20. The number of hydrogen-bond acceptors (Lipinski definition) is 1. The van der Waals surface area contributed by atoms with Gasteiger partial charge in [0.15, 0.2) is 0 Å². The molecule has 0 aliphatic rings. The molecule has 0 spiro atoms. The predicted molar refractivity (Wildman–Crippen MR) is 70.9 cm³/mol. The lowest BCUT2D eigenvalue weighted by Gasteiger charge is -2.25. The van der Waals surface area contributed by atoms with Crippen LogP contribution in [0.15, 0.2) is 61.7 Å². The highest BCUT2D eigenvalue weighted by Gasteiger charge is 2.28. The zero-order valence-corrected chi connectivity index (χ0v) is 10.4. The summed E-state index contributed by atoms with van der Waals surface area (Å²) in [7, 11) is 0. The summed E-state index contributed by atoms with van der Waals surface area (Å²) in [4.78, 5) is 2.98. The second-order valence-electron chi connectivity index (χ2n) is 4.66. The molecule has 0 saturated heterocycles. The van der Waals surface area contributed by atoms with Crippen molar-refractivity contribution in [1.29, 1.82) is 0 Å². The highest BCUT2D eigenvalue weighted by atomic mass is 16.3. The summed E-state index contributed by atoms with van der Waals surface area (Å²) in [6, 6.07) is 10.0. The van der Waals surface area contributed by atoms with Crippen molar-refractivity contribution in [1.82, 2.24) is 4.98 Å². The first-order valence-electron chi connectivity index (χ1n) is 6.11. The van der Waals surface area contributed by atoms with Crippen molar-refractivity contribution in [2.75, 3.05) is 0 Å². The normalized spacial score (nSPS) is 14.1. The van der Waals surface area contributed by atoms with Gasteiger partial charge in [-0.2, -0.15) is 0 Å². The molecule has 1 heterocycles. The van der Waals surface area contributed by atoms with E-state index in [1.165, 1.54) is 0 Å². The van der Waals surface area contributed by atoms with Crippen molar-refractivity contribution in [3.63, 3.8) is 0 Å². The molecule has 94 valence electrons. The lowest BCUT2D eigenvalue weighted by Crippen LogP contribution is -2.47. The number of H-pyrrole nitrogens is 1. The monoisotopic (exact) mass is 243 g/mol. The molecule has 2 rings (SSSR count). The van der Waals surface area contributed by atoms with Crippen LogP contribution in [0, 0.1) is 0 Å². The summed E-state index contributed by atoms with van der Waals surface area (Å²) in [5, 5.41) is 10.7. The van der Waals surface area contributed by atoms with Crippen molar-refractivity contribution in [3.05, 3.63) is 67.3 Å². The Morgan fingerprint density at radius 3 is 2.72 bits per heavy atom. The predicted octanol–water partition coefficient (Wildman–Crippen LogP) is 1.85. The van der Waals surface area contributed by atoms with Gasteiger partial charge >= 0.3 is 0 Å². The summed E-state index contributed by atoms with van der Waals surface area (Å²) in [5.41, 5.74) is 0.341. The molecule has 1 unspecified atom stereocenters. The first-order valence-corrected chi connectivity index (χ1v) is 6.11. The Bertz CT molecular complexity index is 478. The van der Waals surface area contributed by atoms with E-state index < -0.39 is 5.60 Å². The molecule has 18 heavy (non-hydrogen) atoms. The molecular weight excluding hydrogens is 224 g/mol. The molecule has 3 nitrogen and oxygen atoms in total. The Kier molecular flexibility index (Phi) is 3.95. The third kappa shape index (κ3) is 3.31. The van der Waals surface area contributed by atoms with E-state index in [1.54, 1.807) is 6.08 Å². The van der Waals surface area contributed by atoms with E-state index in [-0.39, 0.29) is 0 Å². The Balaban J connectivity index is 2.13. The molecule has 3 heteroatoms. The number of nitrogens with one attached hydrogen (secondary N) is 1. The average Bonchev–Trinajstić information content (AvgIpc) is 2.82. The maximum absolute atomic E-state index is 10.7. The Morgan fingerprint density at radius 1 is 1.33 bits per heavy atom. The van der Waals surface area contributed by atoms with Gasteiger partial charge in [-0.15, -0.1) is 6.58 Å². The van der Waals surface area contributed by atoms with E-state index in [0.717, 1.165) is 5.56 Å². The van der Waals surface area contributed by atoms with E-state index in [9.17, 15) is 5.11 Å². The van der Waals surface area contributed by atoms with E-state index in [4.69, 9.17) is 0 Å². The van der Waals surface area contributed by atoms with E-state index >= 15 is 0 Å². The van der Waals surface area contributed by atoms with Gasteiger partial charge in [0.1, 0.15) is 24.5 Å². The third-order valence-corrected chi connectivity index (χ3v) is 2.98. The molecule has 1 aromatic heterocycles. The SMILES string of the molecule is C=CCC(O)(Cc1ccccc1)C[n+]1cc[nH]c1. The number of aromatic amines is 1. The van der Waals surface area contributed by atoms with E-state index in [0.29, 0.717) is 19.4 Å². The lowest BCUT2D eigenvalue weighted by atomic mass is 9.91.